The summed E-state index contributed by atoms with van der Waals surface area (Å²) in [5.74, 6) is 1.46. The molecular formula is C9H21N2Si+. The van der Waals surface area contributed by atoms with Gasteiger partial charge in [0.15, 0.2) is 0 Å². The lowest BCUT2D eigenvalue weighted by atomic mass is 10.4. The SMILES string of the molecule is CC1=[N+](C)CC(C)N1[Si](C)(C)C. The summed E-state index contributed by atoms with van der Waals surface area (Å²) in [6, 6.07) is 0.710. The summed E-state index contributed by atoms with van der Waals surface area (Å²) in [6.45, 7) is 13.0. The molecule has 2 nitrogen and oxygen atoms in total. The second-order valence-corrected chi connectivity index (χ2v) is 9.64. The molecule has 0 radical (unpaired) electrons. The van der Waals surface area contributed by atoms with Crippen molar-refractivity contribution in [3.63, 3.8) is 0 Å². The van der Waals surface area contributed by atoms with Gasteiger partial charge in [0.2, 0.25) is 5.84 Å². The quantitative estimate of drug-likeness (QED) is 0.444. The molecule has 0 aromatic carbocycles. The zero-order valence-electron chi connectivity index (χ0n) is 9.18. The van der Waals surface area contributed by atoms with Gasteiger partial charge in [0, 0.05) is 6.92 Å². The van der Waals surface area contributed by atoms with Gasteiger partial charge in [-0.15, -0.1) is 0 Å². The molecule has 0 aromatic heterocycles. The van der Waals surface area contributed by atoms with Gasteiger partial charge in [-0.25, -0.2) is 0 Å². The molecule has 12 heavy (non-hydrogen) atoms. The van der Waals surface area contributed by atoms with Crippen molar-refractivity contribution in [2.45, 2.75) is 39.5 Å². The fourth-order valence-electron chi connectivity index (χ4n) is 2.26. The second-order valence-electron chi connectivity index (χ2n) is 4.82. The van der Waals surface area contributed by atoms with Crippen LogP contribution in [0.5, 0.6) is 0 Å². The lowest BCUT2D eigenvalue weighted by Crippen LogP contribution is -2.51. The summed E-state index contributed by atoms with van der Waals surface area (Å²) in [5, 5.41) is 0. The van der Waals surface area contributed by atoms with Crippen LogP contribution in [-0.4, -0.2) is 42.8 Å². The first-order valence-electron chi connectivity index (χ1n) is 4.68. The van der Waals surface area contributed by atoms with Gasteiger partial charge < -0.3 is 4.57 Å². The molecule has 3 heteroatoms. The van der Waals surface area contributed by atoms with Crippen molar-refractivity contribution in [2.24, 2.45) is 0 Å². The molecule has 0 aliphatic carbocycles. The van der Waals surface area contributed by atoms with E-state index >= 15 is 0 Å². The molecular weight excluding hydrogens is 164 g/mol. The molecule has 0 bridgehead atoms. The van der Waals surface area contributed by atoms with Crippen molar-refractivity contribution in [1.82, 2.24) is 4.57 Å². The molecule has 0 saturated carbocycles. The van der Waals surface area contributed by atoms with Crippen LogP contribution in [0, 0.1) is 0 Å². The molecule has 0 spiro atoms. The van der Waals surface area contributed by atoms with E-state index in [4.69, 9.17) is 0 Å². The van der Waals surface area contributed by atoms with E-state index < -0.39 is 8.24 Å². The maximum atomic E-state index is 2.63. The van der Waals surface area contributed by atoms with Gasteiger partial charge in [-0.1, -0.05) is 0 Å². The second kappa shape index (κ2) is 2.87. The van der Waals surface area contributed by atoms with E-state index in [9.17, 15) is 0 Å². The largest absolute Gasteiger partial charge is 0.309 e. The van der Waals surface area contributed by atoms with E-state index in [1.165, 1.54) is 12.4 Å². The molecule has 0 amide bonds. The van der Waals surface area contributed by atoms with Crippen molar-refractivity contribution in [3.8, 4) is 0 Å². The van der Waals surface area contributed by atoms with E-state index in [2.05, 4.69) is 49.7 Å². The Morgan fingerprint density at radius 2 is 1.92 bits per heavy atom. The number of rotatable bonds is 1. The predicted molar refractivity (Wildman–Crippen MR) is 56.4 cm³/mol. The van der Waals surface area contributed by atoms with E-state index in [1.54, 1.807) is 0 Å². The molecule has 0 N–H and O–H groups in total. The molecule has 1 rings (SSSR count). The van der Waals surface area contributed by atoms with Gasteiger partial charge in [-0.3, -0.25) is 4.58 Å². The molecule has 0 aromatic rings. The van der Waals surface area contributed by atoms with Crippen molar-refractivity contribution < 1.29 is 4.58 Å². The first kappa shape index (κ1) is 9.77. The number of hydrogen-bond donors (Lipinski definition) is 0. The monoisotopic (exact) mass is 185 g/mol. The highest BCUT2D eigenvalue weighted by Gasteiger charge is 2.41. The Bertz CT molecular complexity index is 215. The Labute approximate surface area is 77.0 Å². The Kier molecular flexibility index (Phi) is 2.34. The van der Waals surface area contributed by atoms with Gasteiger partial charge in [0.05, 0.1) is 7.05 Å². The Morgan fingerprint density at radius 3 is 2.08 bits per heavy atom. The molecule has 1 atom stereocenters. The first-order chi connectivity index (χ1) is 5.34. The van der Waals surface area contributed by atoms with Gasteiger partial charge in [-0.05, 0) is 26.6 Å². The molecule has 0 saturated heterocycles. The Morgan fingerprint density at radius 1 is 1.42 bits per heavy atom. The van der Waals surface area contributed by atoms with Crippen molar-refractivity contribution in [2.75, 3.05) is 13.6 Å². The van der Waals surface area contributed by atoms with Gasteiger partial charge in [0.25, 0.3) is 8.24 Å². The molecule has 1 aliphatic heterocycles. The highest BCUT2D eigenvalue weighted by Crippen LogP contribution is 2.18. The Balaban J connectivity index is 2.91. The standard InChI is InChI=1S/C9H21N2Si/c1-8-7-10(3)9(2)11(8)12(4,5)6/h8H,7H2,1-6H3/q+1. The summed E-state index contributed by atoms with van der Waals surface area (Å²) in [7, 11) is 1.05. The smallest absolute Gasteiger partial charge is 0.251 e. The van der Waals surface area contributed by atoms with E-state index in [-0.39, 0.29) is 0 Å². The van der Waals surface area contributed by atoms with E-state index in [0.29, 0.717) is 6.04 Å². The van der Waals surface area contributed by atoms with Gasteiger partial charge >= 0.3 is 0 Å². The lowest BCUT2D eigenvalue weighted by molar-refractivity contribution is -0.490. The van der Waals surface area contributed by atoms with E-state index in [1.807, 2.05) is 0 Å². The van der Waals surface area contributed by atoms with Crippen LogP contribution in [0.15, 0.2) is 0 Å². The molecule has 1 unspecified atom stereocenters. The molecule has 1 aliphatic rings. The van der Waals surface area contributed by atoms with Crippen molar-refractivity contribution in [1.29, 1.82) is 0 Å². The zero-order valence-corrected chi connectivity index (χ0v) is 10.2. The molecule has 0 fully saturated rings. The summed E-state index contributed by atoms with van der Waals surface area (Å²) in [5.41, 5.74) is 0. The van der Waals surface area contributed by atoms with Crippen molar-refractivity contribution in [3.05, 3.63) is 0 Å². The number of likely N-dealkylation sites (N-methyl/N-ethyl adjacent to an activating group) is 1. The zero-order chi connectivity index (χ0) is 9.52. The maximum absolute atomic E-state index is 2.63. The summed E-state index contributed by atoms with van der Waals surface area (Å²) in [4.78, 5) is 0. The van der Waals surface area contributed by atoms with E-state index in [0.717, 1.165) is 0 Å². The Hall–Kier alpha value is -0.313. The third-order valence-electron chi connectivity index (χ3n) is 2.60. The number of hydrogen-bond acceptors (Lipinski definition) is 1. The van der Waals surface area contributed by atoms with Gasteiger partial charge in [-0.2, -0.15) is 0 Å². The van der Waals surface area contributed by atoms with Crippen LogP contribution in [0.2, 0.25) is 19.6 Å². The fourth-order valence-corrected chi connectivity index (χ4v) is 4.81. The predicted octanol–water partition coefficient (Wildman–Crippen LogP) is 1.59. The van der Waals surface area contributed by atoms with Crippen LogP contribution in [0.3, 0.4) is 0 Å². The average Bonchev–Trinajstić information content (AvgIpc) is 2.05. The highest BCUT2D eigenvalue weighted by atomic mass is 28.3. The topological polar surface area (TPSA) is 6.25 Å². The molecule has 70 valence electrons. The van der Waals surface area contributed by atoms with Gasteiger partial charge in [0.1, 0.15) is 12.6 Å². The summed E-state index contributed by atoms with van der Waals surface area (Å²) in [6.07, 6.45) is 0. The lowest BCUT2D eigenvalue weighted by Gasteiger charge is -2.28. The maximum Gasteiger partial charge on any atom is 0.251 e. The average molecular weight is 185 g/mol. The van der Waals surface area contributed by atoms with Crippen LogP contribution in [0.1, 0.15) is 13.8 Å². The van der Waals surface area contributed by atoms with Crippen LogP contribution >= 0.6 is 0 Å². The summed E-state index contributed by atoms with van der Waals surface area (Å²) >= 11 is 0. The number of amidine groups is 1. The minimum atomic E-state index is -1.14. The fraction of sp³-hybridized carbons (Fsp3) is 0.889. The summed E-state index contributed by atoms with van der Waals surface area (Å²) < 4.78 is 5.00. The molecule has 1 heterocycles. The highest BCUT2D eigenvalue weighted by molar-refractivity contribution is 6.75. The third kappa shape index (κ3) is 1.55. The number of nitrogens with zero attached hydrogens (tertiary/aromatic N) is 2. The van der Waals surface area contributed by atoms with Crippen molar-refractivity contribution >= 4 is 14.1 Å². The minimum Gasteiger partial charge on any atom is -0.309 e. The van der Waals surface area contributed by atoms with Crippen LogP contribution in [0.4, 0.5) is 0 Å². The third-order valence-corrected chi connectivity index (χ3v) is 4.81. The van der Waals surface area contributed by atoms with Crippen LogP contribution in [-0.2, 0) is 0 Å². The van der Waals surface area contributed by atoms with Crippen LogP contribution < -0.4 is 0 Å². The van der Waals surface area contributed by atoms with Crippen LogP contribution in [0.25, 0.3) is 0 Å². The normalized spacial score (nSPS) is 25.5. The minimum absolute atomic E-state index is 0.710. The first-order valence-corrected chi connectivity index (χ1v) is 8.13.